The standard InChI is InChI=1S/C16H27N5/c1-2-14-13-15(20-11-6-7-17-8-12-20)19-16(18-14)21-9-4-3-5-10-21/h13,17H,2-12H2,1H3. The van der Waals surface area contributed by atoms with Crippen LogP contribution < -0.4 is 15.1 Å². The van der Waals surface area contributed by atoms with Gasteiger partial charge in [0.25, 0.3) is 0 Å². The Morgan fingerprint density at radius 3 is 2.57 bits per heavy atom. The lowest BCUT2D eigenvalue weighted by atomic mass is 10.1. The molecule has 5 heteroatoms. The van der Waals surface area contributed by atoms with Gasteiger partial charge in [0.15, 0.2) is 0 Å². The van der Waals surface area contributed by atoms with Gasteiger partial charge in [0.05, 0.1) is 0 Å². The number of aromatic nitrogens is 2. The van der Waals surface area contributed by atoms with Crippen LogP contribution in [0.1, 0.15) is 38.3 Å². The maximum Gasteiger partial charge on any atom is 0.227 e. The average Bonchev–Trinajstić information content (AvgIpc) is 2.84. The number of anilines is 2. The van der Waals surface area contributed by atoms with Gasteiger partial charge in [-0.15, -0.1) is 0 Å². The molecule has 2 aliphatic rings. The summed E-state index contributed by atoms with van der Waals surface area (Å²) in [6, 6.07) is 2.18. The number of aryl methyl sites for hydroxylation is 1. The minimum absolute atomic E-state index is 0.946. The average molecular weight is 289 g/mol. The summed E-state index contributed by atoms with van der Waals surface area (Å²) in [5.41, 5.74) is 1.16. The van der Waals surface area contributed by atoms with Gasteiger partial charge < -0.3 is 15.1 Å². The second-order valence-electron chi connectivity index (χ2n) is 6.01. The molecule has 1 aromatic rings. The Kier molecular flexibility index (Phi) is 4.91. The molecule has 3 rings (SSSR count). The number of hydrogen-bond donors (Lipinski definition) is 1. The van der Waals surface area contributed by atoms with E-state index in [2.05, 4.69) is 28.1 Å². The van der Waals surface area contributed by atoms with Gasteiger partial charge in [-0.2, -0.15) is 4.98 Å². The molecule has 0 radical (unpaired) electrons. The maximum absolute atomic E-state index is 4.88. The monoisotopic (exact) mass is 289 g/mol. The molecule has 2 fully saturated rings. The van der Waals surface area contributed by atoms with Crippen LogP contribution in [0.2, 0.25) is 0 Å². The lowest BCUT2D eigenvalue weighted by Crippen LogP contribution is -2.33. The second kappa shape index (κ2) is 7.07. The predicted octanol–water partition coefficient (Wildman–Crippen LogP) is 1.83. The van der Waals surface area contributed by atoms with E-state index >= 15 is 0 Å². The second-order valence-corrected chi connectivity index (χ2v) is 6.01. The van der Waals surface area contributed by atoms with Gasteiger partial charge in [0, 0.05) is 44.5 Å². The largest absolute Gasteiger partial charge is 0.355 e. The summed E-state index contributed by atoms with van der Waals surface area (Å²) in [5, 5.41) is 3.46. The molecule has 0 aromatic carbocycles. The Balaban J connectivity index is 1.84. The van der Waals surface area contributed by atoms with Gasteiger partial charge in [-0.25, -0.2) is 4.98 Å². The lowest BCUT2D eigenvalue weighted by molar-refractivity contribution is 0.567. The van der Waals surface area contributed by atoms with Crippen molar-refractivity contribution in [2.75, 3.05) is 49.1 Å². The van der Waals surface area contributed by atoms with Crippen molar-refractivity contribution < 1.29 is 0 Å². The van der Waals surface area contributed by atoms with Gasteiger partial charge in [-0.3, -0.25) is 0 Å². The van der Waals surface area contributed by atoms with Crippen LogP contribution in [-0.4, -0.2) is 49.2 Å². The van der Waals surface area contributed by atoms with Crippen molar-refractivity contribution in [1.82, 2.24) is 15.3 Å². The van der Waals surface area contributed by atoms with E-state index in [-0.39, 0.29) is 0 Å². The van der Waals surface area contributed by atoms with Crippen molar-refractivity contribution in [3.05, 3.63) is 11.8 Å². The van der Waals surface area contributed by atoms with Crippen molar-refractivity contribution in [3.8, 4) is 0 Å². The molecular weight excluding hydrogens is 262 g/mol. The van der Waals surface area contributed by atoms with Crippen LogP contribution >= 0.6 is 0 Å². The molecule has 0 saturated carbocycles. The molecule has 3 heterocycles. The van der Waals surface area contributed by atoms with Crippen LogP contribution in [0.4, 0.5) is 11.8 Å². The quantitative estimate of drug-likeness (QED) is 0.919. The van der Waals surface area contributed by atoms with Crippen LogP contribution in [-0.2, 0) is 6.42 Å². The van der Waals surface area contributed by atoms with E-state index in [1.165, 1.54) is 25.7 Å². The molecule has 0 unspecified atom stereocenters. The first kappa shape index (κ1) is 14.6. The van der Waals surface area contributed by atoms with Crippen LogP contribution in [0.25, 0.3) is 0 Å². The highest BCUT2D eigenvalue weighted by atomic mass is 15.3. The zero-order valence-electron chi connectivity index (χ0n) is 13.1. The van der Waals surface area contributed by atoms with Crippen LogP contribution in [0.15, 0.2) is 6.07 Å². The highest BCUT2D eigenvalue weighted by molar-refractivity contribution is 5.46. The third-order valence-corrected chi connectivity index (χ3v) is 4.42. The maximum atomic E-state index is 4.88. The first-order valence-electron chi connectivity index (χ1n) is 8.45. The van der Waals surface area contributed by atoms with Crippen LogP contribution in [0, 0.1) is 0 Å². The number of hydrogen-bond acceptors (Lipinski definition) is 5. The van der Waals surface area contributed by atoms with Gasteiger partial charge in [0.1, 0.15) is 5.82 Å². The summed E-state index contributed by atoms with van der Waals surface area (Å²) in [6.07, 6.45) is 6.03. The van der Waals surface area contributed by atoms with Crippen LogP contribution in [0.5, 0.6) is 0 Å². The molecule has 0 bridgehead atoms. The summed E-state index contributed by atoms with van der Waals surface area (Å²) >= 11 is 0. The summed E-state index contributed by atoms with van der Waals surface area (Å²) < 4.78 is 0. The van der Waals surface area contributed by atoms with E-state index < -0.39 is 0 Å². The zero-order chi connectivity index (χ0) is 14.5. The minimum Gasteiger partial charge on any atom is -0.355 e. The fourth-order valence-corrected chi connectivity index (χ4v) is 3.12. The predicted molar refractivity (Wildman–Crippen MR) is 87.2 cm³/mol. The Bertz CT molecular complexity index is 448. The molecule has 5 nitrogen and oxygen atoms in total. The molecule has 2 aliphatic heterocycles. The Morgan fingerprint density at radius 1 is 0.952 bits per heavy atom. The number of nitrogens with one attached hydrogen (secondary N) is 1. The summed E-state index contributed by atoms with van der Waals surface area (Å²) in [4.78, 5) is 14.4. The van der Waals surface area contributed by atoms with Gasteiger partial charge in [-0.1, -0.05) is 6.92 Å². The molecule has 0 amide bonds. The first-order valence-corrected chi connectivity index (χ1v) is 8.45. The van der Waals surface area contributed by atoms with Crippen molar-refractivity contribution in [3.63, 3.8) is 0 Å². The fourth-order valence-electron chi connectivity index (χ4n) is 3.12. The molecule has 0 aliphatic carbocycles. The summed E-state index contributed by atoms with van der Waals surface area (Å²) in [7, 11) is 0. The van der Waals surface area contributed by atoms with Gasteiger partial charge >= 0.3 is 0 Å². The van der Waals surface area contributed by atoms with Crippen LogP contribution in [0.3, 0.4) is 0 Å². The smallest absolute Gasteiger partial charge is 0.227 e. The van der Waals surface area contributed by atoms with Gasteiger partial charge in [0.2, 0.25) is 5.95 Å². The van der Waals surface area contributed by atoms with E-state index in [9.17, 15) is 0 Å². The summed E-state index contributed by atoms with van der Waals surface area (Å²) in [5.74, 6) is 2.06. The number of nitrogens with zero attached hydrogens (tertiary/aromatic N) is 4. The molecule has 116 valence electrons. The Labute approximate surface area is 127 Å². The minimum atomic E-state index is 0.946. The highest BCUT2D eigenvalue weighted by Gasteiger charge is 2.18. The van der Waals surface area contributed by atoms with E-state index in [1.807, 2.05) is 0 Å². The van der Waals surface area contributed by atoms with Crippen molar-refractivity contribution in [1.29, 1.82) is 0 Å². The molecule has 0 spiro atoms. The molecule has 2 saturated heterocycles. The van der Waals surface area contributed by atoms with E-state index in [0.29, 0.717) is 0 Å². The Morgan fingerprint density at radius 2 is 1.76 bits per heavy atom. The summed E-state index contributed by atoms with van der Waals surface area (Å²) in [6.45, 7) is 8.68. The van der Waals surface area contributed by atoms with E-state index in [4.69, 9.17) is 9.97 Å². The molecule has 0 atom stereocenters. The number of piperidine rings is 1. The molecule has 1 aromatic heterocycles. The first-order chi connectivity index (χ1) is 10.4. The fraction of sp³-hybridized carbons (Fsp3) is 0.750. The lowest BCUT2D eigenvalue weighted by Gasteiger charge is -2.29. The topological polar surface area (TPSA) is 44.3 Å². The van der Waals surface area contributed by atoms with E-state index in [0.717, 1.165) is 63.1 Å². The number of rotatable bonds is 3. The van der Waals surface area contributed by atoms with E-state index in [1.54, 1.807) is 0 Å². The molecule has 1 N–H and O–H groups in total. The van der Waals surface area contributed by atoms with Crippen molar-refractivity contribution >= 4 is 11.8 Å². The third kappa shape index (κ3) is 3.64. The normalized spacial score (nSPS) is 20.4. The van der Waals surface area contributed by atoms with Crippen molar-refractivity contribution in [2.24, 2.45) is 0 Å². The third-order valence-electron chi connectivity index (χ3n) is 4.42. The Hall–Kier alpha value is -1.36. The molecular formula is C16H27N5. The SMILES string of the molecule is CCc1cc(N2CCCNCC2)nc(N2CCCCC2)n1. The van der Waals surface area contributed by atoms with Gasteiger partial charge in [-0.05, 0) is 38.6 Å². The van der Waals surface area contributed by atoms with Crippen molar-refractivity contribution in [2.45, 2.75) is 39.0 Å². The molecule has 21 heavy (non-hydrogen) atoms. The zero-order valence-corrected chi connectivity index (χ0v) is 13.1. The highest BCUT2D eigenvalue weighted by Crippen LogP contribution is 2.21.